The number of nitrogens with zero attached hydrogens (tertiary/aromatic N) is 2. The van der Waals surface area contributed by atoms with Crippen LogP contribution in [0, 0.1) is 6.92 Å². The fourth-order valence-electron chi connectivity index (χ4n) is 3.93. The first-order valence-corrected chi connectivity index (χ1v) is 10.8. The molecule has 6 nitrogen and oxygen atoms in total. The first-order valence-electron chi connectivity index (χ1n) is 10.8. The van der Waals surface area contributed by atoms with Crippen LogP contribution in [0.3, 0.4) is 0 Å². The molecule has 31 heavy (non-hydrogen) atoms. The Hall–Kier alpha value is -3.41. The molecule has 0 radical (unpaired) electrons. The van der Waals surface area contributed by atoms with Gasteiger partial charge in [-0.3, -0.25) is 9.59 Å². The van der Waals surface area contributed by atoms with Crippen LogP contribution < -0.4 is 10.6 Å². The first-order chi connectivity index (χ1) is 14.9. The summed E-state index contributed by atoms with van der Waals surface area (Å²) in [7, 11) is 0. The van der Waals surface area contributed by atoms with E-state index < -0.39 is 6.04 Å². The van der Waals surface area contributed by atoms with Crippen LogP contribution in [0.15, 0.2) is 48.5 Å². The summed E-state index contributed by atoms with van der Waals surface area (Å²) < 4.78 is 1.68. The zero-order valence-corrected chi connectivity index (χ0v) is 18.4. The van der Waals surface area contributed by atoms with E-state index in [1.54, 1.807) is 4.68 Å². The van der Waals surface area contributed by atoms with Crippen molar-refractivity contribution in [3.63, 3.8) is 0 Å². The number of aromatic nitrogens is 2. The van der Waals surface area contributed by atoms with Crippen LogP contribution in [-0.4, -0.2) is 21.6 Å². The van der Waals surface area contributed by atoms with Crippen LogP contribution in [-0.2, 0) is 16.0 Å². The summed E-state index contributed by atoms with van der Waals surface area (Å²) in [6, 6.07) is 15.3. The van der Waals surface area contributed by atoms with Gasteiger partial charge in [0.1, 0.15) is 11.9 Å². The SMILES string of the molecule is CCc1nn2c(c1-c1ccc(C)cc1)NC(=O)C2CC(=O)Nc1ccc(C(C)C)cc1. The van der Waals surface area contributed by atoms with E-state index in [2.05, 4.69) is 29.6 Å². The molecule has 0 saturated heterocycles. The fourth-order valence-corrected chi connectivity index (χ4v) is 3.93. The fraction of sp³-hybridized carbons (Fsp3) is 0.320. The Morgan fingerprint density at radius 3 is 2.42 bits per heavy atom. The second-order valence-electron chi connectivity index (χ2n) is 8.37. The zero-order valence-electron chi connectivity index (χ0n) is 18.4. The number of anilines is 2. The Labute approximate surface area is 182 Å². The molecule has 160 valence electrons. The molecule has 0 spiro atoms. The molecule has 4 rings (SSSR count). The quantitative estimate of drug-likeness (QED) is 0.589. The van der Waals surface area contributed by atoms with Gasteiger partial charge in [0.25, 0.3) is 5.91 Å². The smallest absolute Gasteiger partial charge is 0.251 e. The van der Waals surface area contributed by atoms with Crippen LogP contribution >= 0.6 is 0 Å². The summed E-state index contributed by atoms with van der Waals surface area (Å²) in [5, 5.41) is 10.5. The number of aryl methyl sites for hydroxylation is 2. The zero-order chi connectivity index (χ0) is 22.1. The third kappa shape index (κ3) is 4.10. The molecule has 1 aromatic heterocycles. The second-order valence-corrected chi connectivity index (χ2v) is 8.37. The molecule has 2 heterocycles. The van der Waals surface area contributed by atoms with Gasteiger partial charge in [0.15, 0.2) is 0 Å². The highest BCUT2D eigenvalue weighted by Gasteiger charge is 2.36. The maximum Gasteiger partial charge on any atom is 0.251 e. The van der Waals surface area contributed by atoms with Crippen molar-refractivity contribution < 1.29 is 9.59 Å². The lowest BCUT2D eigenvalue weighted by Crippen LogP contribution is -2.24. The summed E-state index contributed by atoms with van der Waals surface area (Å²) >= 11 is 0. The molecule has 2 amide bonds. The summed E-state index contributed by atoms with van der Waals surface area (Å²) in [5.74, 6) is 0.685. The molecule has 0 saturated carbocycles. The lowest BCUT2D eigenvalue weighted by Gasteiger charge is -2.11. The molecule has 1 unspecified atom stereocenters. The van der Waals surface area contributed by atoms with Crippen molar-refractivity contribution in [1.29, 1.82) is 0 Å². The Bertz CT molecular complexity index is 1110. The number of carbonyl (C=O) groups is 2. The number of hydrogen-bond acceptors (Lipinski definition) is 3. The molecule has 1 atom stereocenters. The van der Waals surface area contributed by atoms with E-state index in [9.17, 15) is 9.59 Å². The molecule has 2 N–H and O–H groups in total. The van der Waals surface area contributed by atoms with E-state index in [1.807, 2.05) is 62.4 Å². The van der Waals surface area contributed by atoms with E-state index in [0.29, 0.717) is 11.7 Å². The van der Waals surface area contributed by atoms with Gasteiger partial charge in [0, 0.05) is 11.3 Å². The van der Waals surface area contributed by atoms with Crippen molar-refractivity contribution in [2.24, 2.45) is 0 Å². The van der Waals surface area contributed by atoms with Gasteiger partial charge in [-0.1, -0.05) is 62.7 Å². The summed E-state index contributed by atoms with van der Waals surface area (Å²) in [4.78, 5) is 25.4. The monoisotopic (exact) mass is 416 g/mol. The normalized spacial score (nSPS) is 15.1. The van der Waals surface area contributed by atoms with Gasteiger partial charge >= 0.3 is 0 Å². The summed E-state index contributed by atoms with van der Waals surface area (Å²) in [5.41, 5.74) is 5.97. The highest BCUT2D eigenvalue weighted by Crippen LogP contribution is 2.38. The van der Waals surface area contributed by atoms with Crippen LogP contribution in [0.4, 0.5) is 11.5 Å². The average molecular weight is 417 g/mol. The summed E-state index contributed by atoms with van der Waals surface area (Å²) in [6.45, 7) is 8.34. The molecular weight excluding hydrogens is 388 g/mol. The van der Waals surface area contributed by atoms with Crippen molar-refractivity contribution in [2.75, 3.05) is 10.6 Å². The number of fused-ring (bicyclic) bond motifs is 1. The van der Waals surface area contributed by atoms with Gasteiger partial charge in [0.05, 0.1) is 12.1 Å². The molecule has 1 aliphatic heterocycles. The first kappa shape index (κ1) is 20.8. The van der Waals surface area contributed by atoms with Gasteiger partial charge in [0.2, 0.25) is 5.91 Å². The lowest BCUT2D eigenvalue weighted by molar-refractivity contribution is -0.123. The number of nitrogens with one attached hydrogen (secondary N) is 2. The molecule has 0 aliphatic carbocycles. The van der Waals surface area contributed by atoms with Crippen molar-refractivity contribution in [2.45, 2.75) is 52.5 Å². The highest BCUT2D eigenvalue weighted by molar-refractivity contribution is 6.04. The Balaban J connectivity index is 1.55. The number of benzene rings is 2. The summed E-state index contributed by atoms with van der Waals surface area (Å²) in [6.07, 6.45) is 0.767. The van der Waals surface area contributed by atoms with E-state index in [-0.39, 0.29) is 18.2 Å². The predicted molar refractivity (Wildman–Crippen MR) is 123 cm³/mol. The molecule has 0 fully saturated rings. The number of carbonyl (C=O) groups excluding carboxylic acids is 2. The maximum absolute atomic E-state index is 12.7. The van der Waals surface area contributed by atoms with Crippen molar-refractivity contribution in [3.8, 4) is 11.1 Å². The third-order valence-corrected chi connectivity index (χ3v) is 5.74. The molecule has 2 aromatic carbocycles. The van der Waals surface area contributed by atoms with Crippen molar-refractivity contribution in [3.05, 3.63) is 65.4 Å². The average Bonchev–Trinajstić information content (AvgIpc) is 3.24. The van der Waals surface area contributed by atoms with E-state index in [0.717, 1.165) is 28.9 Å². The molecule has 1 aliphatic rings. The Kier molecular flexibility index (Phi) is 5.63. The molecule has 6 heteroatoms. The van der Waals surface area contributed by atoms with Gasteiger partial charge < -0.3 is 10.6 Å². The highest BCUT2D eigenvalue weighted by atomic mass is 16.2. The lowest BCUT2D eigenvalue weighted by atomic mass is 10.0. The van der Waals surface area contributed by atoms with E-state index in [4.69, 9.17) is 0 Å². The standard InChI is InChI=1S/C25H28N4O2/c1-5-20-23(18-8-6-16(4)7-9-18)24-27-25(31)21(29(24)28-20)14-22(30)26-19-12-10-17(11-13-19)15(2)3/h6-13,15,21H,5,14H2,1-4H3,(H,26,30)(H,27,31). The predicted octanol–water partition coefficient (Wildman–Crippen LogP) is 5.07. The van der Waals surface area contributed by atoms with Crippen LogP contribution in [0.2, 0.25) is 0 Å². The number of hydrogen-bond donors (Lipinski definition) is 2. The maximum atomic E-state index is 12.7. The van der Waals surface area contributed by atoms with Crippen molar-refractivity contribution >= 4 is 23.3 Å². The minimum absolute atomic E-state index is 0.0307. The van der Waals surface area contributed by atoms with E-state index >= 15 is 0 Å². The second kappa shape index (κ2) is 8.38. The topological polar surface area (TPSA) is 76.0 Å². The van der Waals surface area contributed by atoms with Gasteiger partial charge in [-0.25, -0.2) is 4.68 Å². The minimum atomic E-state index is -0.658. The molecule has 3 aromatic rings. The molecular formula is C25H28N4O2. The van der Waals surface area contributed by atoms with Crippen LogP contribution in [0.1, 0.15) is 56.0 Å². The van der Waals surface area contributed by atoms with Gasteiger partial charge in [-0.2, -0.15) is 5.10 Å². The van der Waals surface area contributed by atoms with Gasteiger partial charge in [-0.15, -0.1) is 0 Å². The third-order valence-electron chi connectivity index (χ3n) is 5.74. The largest absolute Gasteiger partial charge is 0.326 e. The Morgan fingerprint density at radius 2 is 1.81 bits per heavy atom. The van der Waals surface area contributed by atoms with Crippen LogP contribution in [0.25, 0.3) is 11.1 Å². The minimum Gasteiger partial charge on any atom is -0.326 e. The van der Waals surface area contributed by atoms with Crippen molar-refractivity contribution in [1.82, 2.24) is 9.78 Å². The molecule has 0 bridgehead atoms. The van der Waals surface area contributed by atoms with Gasteiger partial charge in [-0.05, 0) is 42.5 Å². The number of amides is 2. The number of rotatable bonds is 6. The van der Waals surface area contributed by atoms with Crippen LogP contribution in [0.5, 0.6) is 0 Å². The Morgan fingerprint density at radius 1 is 1.13 bits per heavy atom. The van der Waals surface area contributed by atoms with E-state index in [1.165, 1.54) is 11.1 Å².